The van der Waals surface area contributed by atoms with Crippen molar-refractivity contribution in [2.24, 2.45) is 0 Å². The number of hydrogen-bond donors (Lipinski definition) is 2. The molecule has 0 radical (unpaired) electrons. The van der Waals surface area contributed by atoms with Crippen LogP contribution in [0.2, 0.25) is 5.02 Å². The fourth-order valence-electron chi connectivity index (χ4n) is 3.81. The second-order valence-corrected chi connectivity index (χ2v) is 9.86. The second-order valence-electron chi connectivity index (χ2n) is 8.34. The van der Waals surface area contributed by atoms with Gasteiger partial charge < -0.3 is 10.4 Å². The van der Waals surface area contributed by atoms with Crippen molar-refractivity contribution in [2.75, 3.05) is 9.74 Å². The van der Waals surface area contributed by atoms with Gasteiger partial charge in [0, 0.05) is 29.5 Å². The molecule has 0 aliphatic rings. The highest BCUT2D eigenvalue weighted by Gasteiger charge is 2.56. The fourth-order valence-corrected chi connectivity index (χ4v) is 5.05. The lowest BCUT2D eigenvalue weighted by Crippen LogP contribution is -2.43. The maximum absolute atomic E-state index is 15.2. The van der Waals surface area contributed by atoms with Gasteiger partial charge in [0.05, 0.1) is 22.0 Å². The zero-order chi connectivity index (χ0) is 30.3. The molecule has 15 heteroatoms. The van der Waals surface area contributed by atoms with E-state index >= 15 is 4.39 Å². The minimum absolute atomic E-state index is 0.241. The molecule has 2 N–H and O–H groups in total. The summed E-state index contributed by atoms with van der Waals surface area (Å²) in [5.74, 6) is -8.59. The van der Waals surface area contributed by atoms with E-state index in [2.05, 4.69) is 0 Å². The normalized spacial score (nSPS) is 13.0. The second kappa shape index (κ2) is 11.3. The van der Waals surface area contributed by atoms with Crippen molar-refractivity contribution < 1.29 is 45.4 Å². The number of amides is 2. The van der Waals surface area contributed by atoms with E-state index in [-0.39, 0.29) is 22.2 Å². The van der Waals surface area contributed by atoms with E-state index < -0.39 is 79.8 Å². The Morgan fingerprint density at radius 3 is 2.15 bits per heavy atom. The number of anilines is 2. The lowest BCUT2D eigenvalue weighted by atomic mass is 9.87. The Kier molecular flexibility index (Phi) is 8.37. The number of rotatable bonds is 6. The van der Waals surface area contributed by atoms with Gasteiger partial charge in [-0.1, -0.05) is 23.7 Å². The number of carbonyl (C=O) groups is 2. The molecule has 214 valence electrons. The summed E-state index contributed by atoms with van der Waals surface area (Å²) in [5.41, 5.74) is -7.69. The van der Waals surface area contributed by atoms with Crippen LogP contribution < -0.4 is 9.74 Å². The van der Waals surface area contributed by atoms with E-state index in [9.17, 15) is 41.0 Å². The molecular formula is C26H13Cl2F7N2O3S. The average Bonchev–Trinajstić information content (AvgIpc) is 3.43. The van der Waals surface area contributed by atoms with E-state index in [1.165, 1.54) is 5.38 Å². The molecule has 0 saturated heterocycles. The van der Waals surface area contributed by atoms with Crippen molar-refractivity contribution >= 4 is 57.9 Å². The SMILES string of the molecule is O=C(Nc1cccc(C(=O)N(Cl)c2ccc(C(O)(c3ccsc3)C(F)(F)F)cc2Cl)c1F)c1c(F)cc(F)cc1F. The molecule has 5 nitrogen and oxygen atoms in total. The van der Waals surface area contributed by atoms with Crippen molar-refractivity contribution in [3.63, 3.8) is 0 Å². The smallest absolute Gasteiger partial charge is 0.372 e. The lowest BCUT2D eigenvalue weighted by molar-refractivity contribution is -0.248. The molecule has 0 fully saturated rings. The van der Waals surface area contributed by atoms with Crippen LogP contribution in [-0.4, -0.2) is 23.1 Å². The molecule has 1 heterocycles. The molecule has 0 spiro atoms. The summed E-state index contributed by atoms with van der Waals surface area (Å²) in [7, 11) is 0. The third kappa shape index (κ3) is 5.62. The van der Waals surface area contributed by atoms with Crippen molar-refractivity contribution in [3.05, 3.63) is 116 Å². The Bertz CT molecular complexity index is 1630. The van der Waals surface area contributed by atoms with E-state index in [1.807, 2.05) is 5.32 Å². The van der Waals surface area contributed by atoms with Gasteiger partial charge in [-0.3, -0.25) is 9.59 Å². The van der Waals surface area contributed by atoms with Crippen molar-refractivity contribution in [2.45, 2.75) is 11.8 Å². The van der Waals surface area contributed by atoms with Gasteiger partial charge in [0.2, 0.25) is 5.60 Å². The van der Waals surface area contributed by atoms with E-state index in [1.54, 1.807) is 0 Å². The predicted molar refractivity (Wildman–Crippen MR) is 138 cm³/mol. The third-order valence-electron chi connectivity index (χ3n) is 5.82. The monoisotopic (exact) mass is 636 g/mol. The molecule has 1 atom stereocenters. The fraction of sp³-hybridized carbons (Fsp3) is 0.0769. The summed E-state index contributed by atoms with van der Waals surface area (Å²) in [4.78, 5) is 25.3. The minimum atomic E-state index is -5.16. The van der Waals surface area contributed by atoms with Crippen LogP contribution in [0.5, 0.6) is 0 Å². The third-order valence-corrected chi connectivity index (χ3v) is 7.14. The van der Waals surface area contributed by atoms with Crippen LogP contribution in [-0.2, 0) is 5.60 Å². The first kappa shape index (κ1) is 30.3. The Hall–Kier alpha value is -3.65. The van der Waals surface area contributed by atoms with Crippen molar-refractivity contribution in [1.82, 2.24) is 0 Å². The molecular weight excluding hydrogens is 624 g/mol. The standard InChI is InChI=1S/C26H13Cl2F7N2O3S/c27-16-8-12(25(40,26(33,34)35)13-6-7-41-11-13)4-5-20(16)37(28)24(39)15-2-1-3-19(22(15)32)36-23(38)21-17(30)9-14(29)10-18(21)31/h1-11,40H,(H,36,38). The predicted octanol–water partition coefficient (Wildman–Crippen LogP) is 7.81. The molecule has 4 aromatic rings. The van der Waals surface area contributed by atoms with Gasteiger partial charge in [-0.15, -0.1) is 0 Å². The van der Waals surface area contributed by atoms with Gasteiger partial charge in [0.15, 0.2) is 5.82 Å². The van der Waals surface area contributed by atoms with E-state index in [0.717, 1.165) is 59.2 Å². The van der Waals surface area contributed by atoms with Gasteiger partial charge in [-0.05, 0) is 46.7 Å². The zero-order valence-corrected chi connectivity index (χ0v) is 22.2. The maximum Gasteiger partial charge on any atom is 0.425 e. The molecule has 1 aromatic heterocycles. The van der Waals surface area contributed by atoms with Gasteiger partial charge in [0.25, 0.3) is 11.8 Å². The molecule has 0 aliphatic heterocycles. The molecule has 0 saturated carbocycles. The largest absolute Gasteiger partial charge is 0.425 e. The number of thiophene rings is 1. The summed E-state index contributed by atoms with van der Waals surface area (Å²) in [6, 6.07) is 6.99. The van der Waals surface area contributed by atoms with Crippen molar-refractivity contribution in [1.29, 1.82) is 0 Å². The van der Waals surface area contributed by atoms with Gasteiger partial charge in [-0.2, -0.15) is 24.5 Å². The molecule has 1 unspecified atom stereocenters. The Balaban J connectivity index is 1.63. The first-order valence-corrected chi connectivity index (χ1v) is 12.7. The maximum atomic E-state index is 15.2. The number of benzene rings is 3. The minimum Gasteiger partial charge on any atom is -0.372 e. The molecule has 2 amide bonds. The number of aliphatic hydroxyl groups is 1. The number of halogens is 9. The Morgan fingerprint density at radius 2 is 1.59 bits per heavy atom. The summed E-state index contributed by atoms with van der Waals surface area (Å²) < 4.78 is 98.3. The highest BCUT2D eigenvalue weighted by molar-refractivity contribution is 7.08. The number of nitrogens with zero attached hydrogens (tertiary/aromatic N) is 1. The molecule has 4 rings (SSSR count). The average molecular weight is 637 g/mol. The van der Waals surface area contributed by atoms with E-state index in [4.69, 9.17) is 23.4 Å². The van der Waals surface area contributed by atoms with Crippen LogP contribution in [0.25, 0.3) is 0 Å². The number of carbonyl (C=O) groups excluding carboxylic acids is 2. The van der Waals surface area contributed by atoms with Crippen LogP contribution in [0, 0.1) is 23.3 Å². The molecule has 0 bridgehead atoms. The quantitative estimate of drug-likeness (QED) is 0.168. The number of hydrogen-bond acceptors (Lipinski definition) is 4. The van der Waals surface area contributed by atoms with E-state index in [0.29, 0.717) is 0 Å². The van der Waals surface area contributed by atoms with Crippen LogP contribution in [0.1, 0.15) is 31.8 Å². The van der Waals surface area contributed by atoms with Crippen LogP contribution >= 0.6 is 34.7 Å². The van der Waals surface area contributed by atoms with Crippen LogP contribution in [0.4, 0.5) is 42.1 Å². The first-order valence-electron chi connectivity index (χ1n) is 11.0. The zero-order valence-electron chi connectivity index (χ0n) is 19.9. The number of nitrogens with one attached hydrogen (secondary N) is 1. The summed E-state index contributed by atoms with van der Waals surface area (Å²) in [6.07, 6.45) is -5.16. The highest BCUT2D eigenvalue weighted by atomic mass is 35.5. The summed E-state index contributed by atoms with van der Waals surface area (Å²) in [6.45, 7) is 0. The van der Waals surface area contributed by atoms with Crippen LogP contribution in [0.3, 0.4) is 0 Å². The van der Waals surface area contributed by atoms with Gasteiger partial charge in [-0.25, -0.2) is 22.0 Å². The molecule has 0 aliphatic carbocycles. The van der Waals surface area contributed by atoms with Crippen molar-refractivity contribution in [3.8, 4) is 0 Å². The number of alkyl halides is 3. The topological polar surface area (TPSA) is 69.6 Å². The lowest BCUT2D eigenvalue weighted by Gasteiger charge is -2.31. The highest BCUT2D eigenvalue weighted by Crippen LogP contribution is 2.46. The molecule has 3 aromatic carbocycles. The van der Waals surface area contributed by atoms with Gasteiger partial charge >= 0.3 is 6.18 Å². The molecule has 41 heavy (non-hydrogen) atoms. The Morgan fingerprint density at radius 1 is 0.927 bits per heavy atom. The summed E-state index contributed by atoms with van der Waals surface area (Å²) in [5, 5.41) is 14.4. The summed E-state index contributed by atoms with van der Waals surface area (Å²) >= 11 is 13.1. The first-order chi connectivity index (χ1) is 19.2. The van der Waals surface area contributed by atoms with Gasteiger partial charge in [0.1, 0.15) is 23.0 Å². The van der Waals surface area contributed by atoms with Crippen LogP contribution in [0.15, 0.2) is 65.4 Å². The Labute approximate surface area is 240 Å².